The van der Waals surface area contributed by atoms with Crippen molar-refractivity contribution in [2.45, 2.75) is 45.1 Å². The summed E-state index contributed by atoms with van der Waals surface area (Å²) >= 11 is 0. The first-order chi connectivity index (χ1) is 9.56. The van der Waals surface area contributed by atoms with Crippen molar-refractivity contribution in [2.24, 2.45) is 5.41 Å². The second-order valence-corrected chi connectivity index (χ2v) is 5.87. The van der Waals surface area contributed by atoms with Crippen molar-refractivity contribution in [2.75, 3.05) is 13.1 Å². The van der Waals surface area contributed by atoms with E-state index >= 15 is 0 Å². The second kappa shape index (κ2) is 6.64. The molecular formula is C16H23F2NO. The van der Waals surface area contributed by atoms with Gasteiger partial charge >= 0.3 is 0 Å². The molecule has 0 saturated heterocycles. The summed E-state index contributed by atoms with van der Waals surface area (Å²) in [6, 6.07) is 3.29. The van der Waals surface area contributed by atoms with E-state index in [9.17, 15) is 13.9 Å². The minimum atomic E-state index is -0.939. The van der Waals surface area contributed by atoms with Crippen LogP contribution in [0.1, 0.15) is 50.7 Å². The molecule has 4 heteroatoms. The van der Waals surface area contributed by atoms with Crippen LogP contribution in [0.5, 0.6) is 0 Å². The van der Waals surface area contributed by atoms with Crippen molar-refractivity contribution in [3.63, 3.8) is 0 Å². The van der Waals surface area contributed by atoms with Crippen LogP contribution in [0.25, 0.3) is 0 Å². The van der Waals surface area contributed by atoms with E-state index in [1.54, 1.807) is 0 Å². The van der Waals surface area contributed by atoms with Crippen LogP contribution in [0.2, 0.25) is 0 Å². The average Bonchev–Trinajstić information content (AvgIpc) is 2.88. The van der Waals surface area contributed by atoms with Crippen LogP contribution >= 0.6 is 0 Å². The van der Waals surface area contributed by atoms with Gasteiger partial charge in [0.1, 0.15) is 11.6 Å². The highest BCUT2D eigenvalue weighted by molar-refractivity contribution is 5.21. The van der Waals surface area contributed by atoms with Crippen LogP contribution in [0.3, 0.4) is 0 Å². The normalized spacial score (nSPS) is 19.2. The molecule has 1 atom stereocenters. The SMILES string of the molecule is CCC1(CNCC(O)c2ccc(F)cc2F)CCCC1. The van der Waals surface area contributed by atoms with Gasteiger partial charge in [0.2, 0.25) is 0 Å². The Balaban J connectivity index is 1.87. The third kappa shape index (κ3) is 3.55. The monoisotopic (exact) mass is 283 g/mol. The molecule has 112 valence electrons. The maximum atomic E-state index is 13.5. The fourth-order valence-corrected chi connectivity index (χ4v) is 3.14. The van der Waals surface area contributed by atoms with E-state index in [0.29, 0.717) is 12.0 Å². The zero-order valence-corrected chi connectivity index (χ0v) is 12.0. The summed E-state index contributed by atoms with van der Waals surface area (Å²) < 4.78 is 26.4. The summed E-state index contributed by atoms with van der Waals surface area (Å²) in [5.74, 6) is -1.31. The minimum absolute atomic E-state index is 0.149. The van der Waals surface area contributed by atoms with Crippen LogP contribution in [-0.4, -0.2) is 18.2 Å². The molecule has 1 aliphatic carbocycles. The van der Waals surface area contributed by atoms with Gasteiger partial charge in [-0.15, -0.1) is 0 Å². The van der Waals surface area contributed by atoms with Gasteiger partial charge in [0.25, 0.3) is 0 Å². The van der Waals surface area contributed by atoms with E-state index in [1.807, 2.05) is 0 Å². The fourth-order valence-electron chi connectivity index (χ4n) is 3.14. The molecule has 1 unspecified atom stereocenters. The lowest BCUT2D eigenvalue weighted by atomic mass is 9.83. The number of halogens is 2. The van der Waals surface area contributed by atoms with Crippen LogP contribution in [0.15, 0.2) is 18.2 Å². The van der Waals surface area contributed by atoms with Crippen molar-refractivity contribution in [3.05, 3.63) is 35.4 Å². The Labute approximate surface area is 119 Å². The Morgan fingerprint density at radius 1 is 1.30 bits per heavy atom. The average molecular weight is 283 g/mol. The highest BCUT2D eigenvalue weighted by Crippen LogP contribution is 2.40. The number of hydrogen-bond donors (Lipinski definition) is 2. The van der Waals surface area contributed by atoms with Gasteiger partial charge in [-0.1, -0.05) is 25.8 Å². The first kappa shape index (κ1) is 15.4. The highest BCUT2D eigenvalue weighted by Gasteiger charge is 2.31. The van der Waals surface area contributed by atoms with Gasteiger partial charge in [-0.25, -0.2) is 8.78 Å². The molecule has 2 nitrogen and oxygen atoms in total. The zero-order chi connectivity index (χ0) is 14.6. The summed E-state index contributed by atoms with van der Waals surface area (Å²) in [6.07, 6.45) is 5.16. The lowest BCUT2D eigenvalue weighted by molar-refractivity contribution is 0.159. The van der Waals surface area contributed by atoms with Crippen molar-refractivity contribution >= 4 is 0 Å². The van der Waals surface area contributed by atoms with Gasteiger partial charge in [0.05, 0.1) is 6.10 Å². The summed E-state index contributed by atoms with van der Waals surface area (Å²) in [6.45, 7) is 3.34. The minimum Gasteiger partial charge on any atom is -0.387 e. The molecule has 1 aliphatic rings. The van der Waals surface area contributed by atoms with Crippen molar-refractivity contribution in [1.29, 1.82) is 0 Å². The molecule has 0 amide bonds. The van der Waals surface area contributed by atoms with Gasteiger partial charge < -0.3 is 10.4 Å². The Bertz CT molecular complexity index is 444. The molecule has 0 spiro atoms. The fraction of sp³-hybridized carbons (Fsp3) is 0.625. The maximum absolute atomic E-state index is 13.5. The van der Waals surface area contributed by atoms with Crippen LogP contribution in [-0.2, 0) is 0 Å². The van der Waals surface area contributed by atoms with Crippen LogP contribution in [0, 0.1) is 17.0 Å². The predicted molar refractivity (Wildman–Crippen MR) is 75.4 cm³/mol. The largest absolute Gasteiger partial charge is 0.387 e. The van der Waals surface area contributed by atoms with E-state index in [4.69, 9.17) is 0 Å². The van der Waals surface area contributed by atoms with Gasteiger partial charge in [0.15, 0.2) is 0 Å². The van der Waals surface area contributed by atoms with Gasteiger partial charge in [-0.3, -0.25) is 0 Å². The summed E-state index contributed by atoms with van der Waals surface area (Å²) in [5.41, 5.74) is 0.483. The Kier molecular flexibility index (Phi) is 5.11. The smallest absolute Gasteiger partial charge is 0.131 e. The topological polar surface area (TPSA) is 32.3 Å². The third-order valence-corrected chi connectivity index (χ3v) is 4.57. The standard InChI is InChI=1S/C16H23F2NO/c1-2-16(7-3-4-8-16)11-19-10-15(20)13-6-5-12(17)9-14(13)18/h5-6,9,15,19-20H,2-4,7-8,10-11H2,1H3. The first-order valence-electron chi connectivity index (χ1n) is 7.40. The number of rotatable bonds is 6. The van der Waals surface area contributed by atoms with E-state index in [2.05, 4.69) is 12.2 Å². The molecule has 0 radical (unpaired) electrons. The van der Waals surface area contributed by atoms with E-state index in [-0.39, 0.29) is 5.56 Å². The number of aliphatic hydroxyl groups excluding tert-OH is 1. The van der Waals surface area contributed by atoms with Gasteiger partial charge in [-0.2, -0.15) is 0 Å². The van der Waals surface area contributed by atoms with Crippen molar-refractivity contribution < 1.29 is 13.9 Å². The Hall–Kier alpha value is -1.00. The number of nitrogens with one attached hydrogen (secondary N) is 1. The van der Waals surface area contributed by atoms with E-state index in [0.717, 1.165) is 19.0 Å². The third-order valence-electron chi connectivity index (χ3n) is 4.57. The first-order valence-corrected chi connectivity index (χ1v) is 7.40. The Morgan fingerprint density at radius 3 is 2.60 bits per heavy atom. The zero-order valence-electron chi connectivity index (χ0n) is 12.0. The Morgan fingerprint density at radius 2 is 2.00 bits per heavy atom. The molecule has 0 aromatic heterocycles. The van der Waals surface area contributed by atoms with Crippen LogP contribution in [0.4, 0.5) is 8.78 Å². The number of aliphatic hydroxyl groups is 1. The van der Waals surface area contributed by atoms with Crippen molar-refractivity contribution in [1.82, 2.24) is 5.32 Å². The molecule has 1 aromatic rings. The molecule has 0 aliphatic heterocycles. The molecule has 1 fully saturated rings. The van der Waals surface area contributed by atoms with E-state index in [1.165, 1.54) is 37.8 Å². The molecule has 2 rings (SSSR count). The maximum Gasteiger partial charge on any atom is 0.131 e. The highest BCUT2D eigenvalue weighted by atomic mass is 19.1. The summed E-state index contributed by atoms with van der Waals surface area (Å²) in [7, 11) is 0. The molecule has 2 N–H and O–H groups in total. The molecule has 0 heterocycles. The van der Waals surface area contributed by atoms with Crippen molar-refractivity contribution in [3.8, 4) is 0 Å². The van der Waals surface area contributed by atoms with E-state index < -0.39 is 17.7 Å². The molecular weight excluding hydrogens is 260 g/mol. The summed E-state index contributed by atoms with van der Waals surface area (Å²) in [4.78, 5) is 0. The predicted octanol–water partition coefficient (Wildman–Crippen LogP) is 3.56. The quantitative estimate of drug-likeness (QED) is 0.836. The van der Waals surface area contributed by atoms with Gasteiger partial charge in [0, 0.05) is 24.7 Å². The molecule has 1 saturated carbocycles. The van der Waals surface area contributed by atoms with Crippen LogP contribution < -0.4 is 5.32 Å². The second-order valence-electron chi connectivity index (χ2n) is 5.87. The molecule has 20 heavy (non-hydrogen) atoms. The number of benzene rings is 1. The lowest BCUT2D eigenvalue weighted by Crippen LogP contribution is -2.34. The number of hydrogen-bond acceptors (Lipinski definition) is 2. The molecule has 0 bridgehead atoms. The van der Waals surface area contributed by atoms with Gasteiger partial charge in [-0.05, 0) is 30.7 Å². The summed E-state index contributed by atoms with van der Waals surface area (Å²) in [5, 5.41) is 13.2. The molecule has 1 aromatic carbocycles. The lowest BCUT2D eigenvalue weighted by Gasteiger charge is -2.28.